The molecule has 0 spiro atoms. The number of rotatable bonds is 1. The van der Waals surface area contributed by atoms with Crippen molar-refractivity contribution in [2.45, 2.75) is 0 Å². The summed E-state index contributed by atoms with van der Waals surface area (Å²) in [5.74, 6) is 0.927. The van der Waals surface area contributed by atoms with Crippen LogP contribution in [-0.2, 0) is 0 Å². The van der Waals surface area contributed by atoms with E-state index in [2.05, 4.69) is 25.4 Å². The maximum absolute atomic E-state index is 4.19. The van der Waals surface area contributed by atoms with Gasteiger partial charge in [0.2, 0.25) is 0 Å². The first-order chi connectivity index (χ1) is 7.45. The van der Waals surface area contributed by atoms with Gasteiger partial charge in [0.05, 0.1) is 6.20 Å². The van der Waals surface area contributed by atoms with Crippen molar-refractivity contribution in [2.75, 3.05) is 31.1 Å². The van der Waals surface area contributed by atoms with E-state index in [1.54, 1.807) is 12.7 Å². The molecule has 2 aromatic rings. The monoisotopic (exact) mass is 204 g/mol. The highest BCUT2D eigenvalue weighted by molar-refractivity contribution is 5.67. The van der Waals surface area contributed by atoms with Crippen molar-refractivity contribution >= 4 is 11.3 Å². The van der Waals surface area contributed by atoms with E-state index in [9.17, 15) is 0 Å². The summed E-state index contributed by atoms with van der Waals surface area (Å²) in [4.78, 5) is 6.33. The number of hydrogen-bond donors (Lipinski definition) is 1. The van der Waals surface area contributed by atoms with E-state index < -0.39 is 0 Å². The maximum atomic E-state index is 4.19. The number of aromatic nitrogens is 4. The lowest BCUT2D eigenvalue weighted by molar-refractivity contribution is 0.583. The normalized spacial score (nSPS) is 17.2. The topological polar surface area (TPSA) is 58.4 Å². The van der Waals surface area contributed by atoms with Crippen molar-refractivity contribution in [1.29, 1.82) is 0 Å². The molecule has 0 atom stereocenters. The summed E-state index contributed by atoms with van der Waals surface area (Å²) in [6.45, 7) is 3.94. The van der Waals surface area contributed by atoms with E-state index in [4.69, 9.17) is 0 Å². The van der Waals surface area contributed by atoms with Gasteiger partial charge in [-0.2, -0.15) is 0 Å². The lowest BCUT2D eigenvalue weighted by Gasteiger charge is -2.28. The SMILES string of the molecule is c1ncn2cnnc(N3CCNCC3)c12. The van der Waals surface area contributed by atoms with Crippen molar-refractivity contribution in [3.05, 3.63) is 18.9 Å². The predicted molar refractivity (Wildman–Crippen MR) is 55.9 cm³/mol. The van der Waals surface area contributed by atoms with E-state index in [1.807, 2.05) is 10.6 Å². The maximum Gasteiger partial charge on any atom is 0.177 e. The van der Waals surface area contributed by atoms with Crippen molar-refractivity contribution in [3.63, 3.8) is 0 Å². The molecular formula is C9H12N6. The first-order valence-electron chi connectivity index (χ1n) is 5.04. The Balaban J connectivity index is 2.05. The van der Waals surface area contributed by atoms with Crippen molar-refractivity contribution in [1.82, 2.24) is 24.9 Å². The summed E-state index contributed by atoms with van der Waals surface area (Å²) < 4.78 is 1.89. The van der Waals surface area contributed by atoms with Crippen LogP contribution in [0.1, 0.15) is 0 Å². The van der Waals surface area contributed by atoms with Crippen molar-refractivity contribution in [2.24, 2.45) is 0 Å². The van der Waals surface area contributed by atoms with E-state index in [-0.39, 0.29) is 0 Å². The van der Waals surface area contributed by atoms with Gasteiger partial charge in [-0.3, -0.25) is 4.40 Å². The van der Waals surface area contributed by atoms with Crippen LogP contribution in [0.15, 0.2) is 18.9 Å². The zero-order valence-electron chi connectivity index (χ0n) is 8.30. The summed E-state index contributed by atoms with van der Waals surface area (Å²) in [6, 6.07) is 0. The number of anilines is 1. The van der Waals surface area contributed by atoms with E-state index in [1.165, 1.54) is 0 Å². The van der Waals surface area contributed by atoms with Gasteiger partial charge in [-0.05, 0) is 0 Å². The zero-order chi connectivity index (χ0) is 10.1. The molecule has 0 bridgehead atoms. The molecule has 78 valence electrons. The van der Waals surface area contributed by atoms with E-state index in [0.29, 0.717) is 0 Å². The molecular weight excluding hydrogens is 192 g/mol. The van der Waals surface area contributed by atoms with Crippen molar-refractivity contribution < 1.29 is 0 Å². The average Bonchev–Trinajstić information content (AvgIpc) is 2.78. The van der Waals surface area contributed by atoms with Crippen LogP contribution in [0.25, 0.3) is 5.52 Å². The third-order valence-corrected chi connectivity index (χ3v) is 2.64. The van der Waals surface area contributed by atoms with Gasteiger partial charge in [-0.1, -0.05) is 0 Å². The minimum atomic E-state index is 0.927. The highest BCUT2D eigenvalue weighted by Crippen LogP contribution is 2.16. The summed E-state index contributed by atoms with van der Waals surface area (Å²) in [6.07, 6.45) is 5.25. The summed E-state index contributed by atoms with van der Waals surface area (Å²) in [5, 5.41) is 11.5. The Morgan fingerprint density at radius 1 is 1.20 bits per heavy atom. The molecule has 0 radical (unpaired) electrons. The molecule has 6 heteroatoms. The molecule has 1 N–H and O–H groups in total. The fourth-order valence-corrected chi connectivity index (χ4v) is 1.86. The Bertz CT molecular complexity index is 458. The largest absolute Gasteiger partial charge is 0.351 e. The Morgan fingerprint density at radius 3 is 2.93 bits per heavy atom. The Morgan fingerprint density at radius 2 is 2.07 bits per heavy atom. The van der Waals surface area contributed by atoms with Gasteiger partial charge in [0.25, 0.3) is 0 Å². The minimum Gasteiger partial charge on any atom is -0.351 e. The fraction of sp³-hybridized carbons (Fsp3) is 0.444. The molecule has 1 aliphatic rings. The number of nitrogens with zero attached hydrogens (tertiary/aromatic N) is 5. The second-order valence-electron chi connectivity index (χ2n) is 3.58. The number of nitrogens with one attached hydrogen (secondary N) is 1. The van der Waals surface area contributed by atoms with Crippen LogP contribution in [0.2, 0.25) is 0 Å². The molecule has 2 aromatic heterocycles. The van der Waals surface area contributed by atoms with Crippen molar-refractivity contribution in [3.8, 4) is 0 Å². The molecule has 0 aliphatic carbocycles. The molecule has 0 amide bonds. The second-order valence-corrected chi connectivity index (χ2v) is 3.58. The Kier molecular flexibility index (Phi) is 1.99. The number of hydrogen-bond acceptors (Lipinski definition) is 5. The van der Waals surface area contributed by atoms with Crippen LogP contribution in [0, 0.1) is 0 Å². The molecule has 1 aliphatic heterocycles. The molecule has 3 rings (SSSR count). The van der Waals surface area contributed by atoms with Gasteiger partial charge in [0, 0.05) is 26.2 Å². The van der Waals surface area contributed by atoms with Gasteiger partial charge >= 0.3 is 0 Å². The highest BCUT2D eigenvalue weighted by Gasteiger charge is 2.15. The lowest BCUT2D eigenvalue weighted by Crippen LogP contribution is -2.44. The number of fused-ring (bicyclic) bond motifs is 1. The van der Waals surface area contributed by atoms with Crippen LogP contribution < -0.4 is 10.2 Å². The third kappa shape index (κ3) is 1.42. The summed E-state index contributed by atoms with van der Waals surface area (Å²) >= 11 is 0. The molecule has 3 heterocycles. The predicted octanol–water partition coefficient (Wildman–Crippen LogP) is -0.466. The quantitative estimate of drug-likeness (QED) is 0.680. The molecule has 0 saturated carbocycles. The first kappa shape index (κ1) is 8.60. The molecule has 15 heavy (non-hydrogen) atoms. The second kappa shape index (κ2) is 3.47. The molecule has 1 fully saturated rings. The van der Waals surface area contributed by atoms with Gasteiger partial charge in [0.15, 0.2) is 5.82 Å². The number of piperazine rings is 1. The molecule has 0 aromatic carbocycles. The van der Waals surface area contributed by atoms with Gasteiger partial charge in [-0.25, -0.2) is 4.98 Å². The van der Waals surface area contributed by atoms with Crippen LogP contribution in [0.3, 0.4) is 0 Å². The highest BCUT2D eigenvalue weighted by atomic mass is 15.3. The van der Waals surface area contributed by atoms with Crippen LogP contribution >= 0.6 is 0 Å². The minimum absolute atomic E-state index is 0.927. The third-order valence-electron chi connectivity index (χ3n) is 2.64. The van der Waals surface area contributed by atoms with Crippen LogP contribution in [0.4, 0.5) is 5.82 Å². The van der Waals surface area contributed by atoms with Gasteiger partial charge in [-0.15, -0.1) is 10.2 Å². The van der Waals surface area contributed by atoms with Gasteiger partial charge in [0.1, 0.15) is 18.2 Å². The Labute approximate surface area is 86.9 Å². The lowest BCUT2D eigenvalue weighted by atomic mass is 10.3. The number of imidazole rings is 1. The fourth-order valence-electron chi connectivity index (χ4n) is 1.86. The Hall–Kier alpha value is -1.69. The molecule has 0 unspecified atom stereocenters. The van der Waals surface area contributed by atoms with E-state index >= 15 is 0 Å². The first-order valence-corrected chi connectivity index (χ1v) is 5.04. The van der Waals surface area contributed by atoms with Crippen LogP contribution in [0.5, 0.6) is 0 Å². The van der Waals surface area contributed by atoms with Crippen LogP contribution in [-0.4, -0.2) is 45.8 Å². The van der Waals surface area contributed by atoms with Gasteiger partial charge < -0.3 is 10.2 Å². The average molecular weight is 204 g/mol. The zero-order valence-corrected chi connectivity index (χ0v) is 8.30. The smallest absolute Gasteiger partial charge is 0.177 e. The standard InChI is InChI=1S/C9H12N6/c1-3-14(4-2-10-1)9-8-5-11-6-15(8)7-12-13-9/h5-7,10H,1-4H2. The summed E-state index contributed by atoms with van der Waals surface area (Å²) in [5.41, 5.74) is 1.02. The molecule has 6 nitrogen and oxygen atoms in total. The summed E-state index contributed by atoms with van der Waals surface area (Å²) in [7, 11) is 0. The van der Waals surface area contributed by atoms with E-state index in [0.717, 1.165) is 37.5 Å². The molecule has 1 saturated heterocycles.